The molecule has 0 N–H and O–H groups in total. The minimum atomic E-state index is -0.0498. The second-order valence-corrected chi connectivity index (χ2v) is 23.1. The molecule has 78 heavy (non-hydrogen) atoms. The smallest absolute Gasteiger partial charge is 0.0462 e. The summed E-state index contributed by atoms with van der Waals surface area (Å²) in [7, 11) is 0. The Morgan fingerprint density at radius 1 is 0.231 bits per heavy atom. The lowest BCUT2D eigenvalue weighted by atomic mass is 9.65. The first-order valence-electron chi connectivity index (χ1n) is 30.1. The Balaban J connectivity index is 0.772. The Labute approximate surface area is 466 Å². The largest absolute Gasteiger partial charge is 0.311 e. The van der Waals surface area contributed by atoms with Crippen LogP contribution in [0, 0.1) is 0 Å². The molecule has 0 spiro atoms. The average molecular weight is 1020 g/mol. The number of hydrogen-bond donors (Lipinski definition) is 0. The zero-order valence-electron chi connectivity index (χ0n) is 45.9. The SMILES string of the molecule is c1ccc(N(c2ccc(-c3ccc(-c4ccc(C5CCCCCCC5)cc4)cc3)cc2)c2ccc(C3(c4ccc(N(c5ccccc5)c5ccc(-c6ccc(C7CCCCCCC7)cc6)cc5)cc4)CCCCC3)cc2)cc1. The second-order valence-electron chi connectivity index (χ2n) is 23.1. The van der Waals surface area contributed by atoms with Gasteiger partial charge in [-0.3, -0.25) is 0 Å². The zero-order chi connectivity index (χ0) is 52.4. The molecule has 392 valence electrons. The van der Waals surface area contributed by atoms with Gasteiger partial charge in [-0.25, -0.2) is 0 Å². The average Bonchev–Trinajstić information content (AvgIpc) is 3.51. The molecule has 2 nitrogen and oxygen atoms in total. The summed E-state index contributed by atoms with van der Waals surface area (Å²) in [6, 6.07) is 87.3. The molecule has 9 aromatic carbocycles. The fraction of sp³-hybridized carbons (Fsp3) is 0.289. The van der Waals surface area contributed by atoms with Crippen molar-refractivity contribution in [3.8, 4) is 33.4 Å². The Bertz CT molecular complexity index is 3250. The van der Waals surface area contributed by atoms with E-state index >= 15 is 0 Å². The van der Waals surface area contributed by atoms with Gasteiger partial charge in [-0.15, -0.1) is 0 Å². The molecule has 3 saturated carbocycles. The van der Waals surface area contributed by atoms with Crippen LogP contribution < -0.4 is 9.80 Å². The van der Waals surface area contributed by atoms with Gasteiger partial charge in [-0.2, -0.15) is 0 Å². The Hall–Kier alpha value is -7.42. The van der Waals surface area contributed by atoms with Crippen molar-refractivity contribution in [2.45, 2.75) is 139 Å². The van der Waals surface area contributed by atoms with Gasteiger partial charge in [-0.05, 0) is 179 Å². The van der Waals surface area contributed by atoms with Gasteiger partial charge in [0.15, 0.2) is 0 Å². The van der Waals surface area contributed by atoms with Gasteiger partial charge in [0.2, 0.25) is 0 Å². The van der Waals surface area contributed by atoms with Crippen LogP contribution in [0.5, 0.6) is 0 Å². The zero-order valence-corrected chi connectivity index (χ0v) is 45.9. The molecule has 2 heteroatoms. The van der Waals surface area contributed by atoms with Crippen LogP contribution in [0.4, 0.5) is 34.1 Å². The van der Waals surface area contributed by atoms with Gasteiger partial charge in [0.05, 0.1) is 0 Å². The van der Waals surface area contributed by atoms with Gasteiger partial charge in [0.1, 0.15) is 0 Å². The molecule has 3 aliphatic rings. The molecule has 0 aliphatic heterocycles. The molecule has 0 amide bonds. The fourth-order valence-electron chi connectivity index (χ4n) is 13.7. The second kappa shape index (κ2) is 24.5. The first-order chi connectivity index (χ1) is 38.6. The van der Waals surface area contributed by atoms with Crippen molar-refractivity contribution in [1.82, 2.24) is 0 Å². The molecule has 0 radical (unpaired) electrons. The Kier molecular flexibility index (Phi) is 16.1. The van der Waals surface area contributed by atoms with Crippen molar-refractivity contribution in [2.75, 3.05) is 9.80 Å². The van der Waals surface area contributed by atoms with E-state index in [1.165, 1.54) is 170 Å². The molecule has 0 bridgehead atoms. The predicted molar refractivity (Wildman–Crippen MR) is 333 cm³/mol. The highest BCUT2D eigenvalue weighted by atomic mass is 15.1. The van der Waals surface area contributed by atoms with Crippen LogP contribution in [0.1, 0.15) is 156 Å². The predicted octanol–water partition coefficient (Wildman–Crippen LogP) is 22.5. The van der Waals surface area contributed by atoms with Crippen molar-refractivity contribution in [1.29, 1.82) is 0 Å². The fourth-order valence-corrected chi connectivity index (χ4v) is 13.7. The van der Waals surface area contributed by atoms with Crippen LogP contribution in [0.15, 0.2) is 231 Å². The summed E-state index contributed by atoms with van der Waals surface area (Å²) in [6.45, 7) is 0. The molecular weight excluding hydrogens is 941 g/mol. The van der Waals surface area contributed by atoms with E-state index in [1.54, 1.807) is 0 Å². The highest BCUT2D eigenvalue weighted by Crippen LogP contribution is 2.48. The van der Waals surface area contributed by atoms with Crippen LogP contribution in [0.3, 0.4) is 0 Å². The first-order valence-corrected chi connectivity index (χ1v) is 30.1. The number of hydrogen-bond acceptors (Lipinski definition) is 2. The monoisotopic (exact) mass is 1020 g/mol. The molecule has 0 unspecified atom stereocenters. The summed E-state index contributed by atoms with van der Waals surface area (Å²) in [4.78, 5) is 4.81. The Morgan fingerprint density at radius 3 is 0.795 bits per heavy atom. The molecule has 0 aromatic heterocycles. The van der Waals surface area contributed by atoms with Crippen molar-refractivity contribution >= 4 is 34.1 Å². The maximum Gasteiger partial charge on any atom is 0.0462 e. The van der Waals surface area contributed by atoms with Crippen molar-refractivity contribution in [3.63, 3.8) is 0 Å². The van der Waals surface area contributed by atoms with Crippen molar-refractivity contribution in [2.24, 2.45) is 0 Å². The summed E-state index contributed by atoms with van der Waals surface area (Å²) in [5.41, 5.74) is 20.3. The lowest BCUT2D eigenvalue weighted by Crippen LogP contribution is -2.30. The van der Waals surface area contributed by atoms with E-state index in [-0.39, 0.29) is 5.41 Å². The molecule has 0 atom stereocenters. The standard InChI is InChI=1S/C76H78N2/c1-3-10-20-58(21-11-4-1)60-28-32-62(33-29-60)63-36-38-65(39-37-63)67-42-50-73(51-43-67)78(71-26-16-8-17-27-71)75-54-46-69(47-55-75)76(56-18-9-19-57-76)68-44-52-74(53-45-68)77(70-24-14-7-15-25-70)72-48-40-66(41-49-72)64-34-30-61(31-35-64)59-22-12-5-2-6-13-23-59/h7-8,14-17,24-55,58-59H,1-6,9-13,18-23,56-57H2. The van der Waals surface area contributed by atoms with Gasteiger partial charge in [0.25, 0.3) is 0 Å². The number of nitrogens with zero attached hydrogens (tertiary/aromatic N) is 2. The summed E-state index contributed by atoms with van der Waals surface area (Å²) < 4.78 is 0. The third kappa shape index (κ3) is 11.6. The van der Waals surface area contributed by atoms with E-state index in [0.29, 0.717) is 11.8 Å². The Morgan fingerprint density at radius 2 is 0.474 bits per heavy atom. The summed E-state index contributed by atoms with van der Waals surface area (Å²) >= 11 is 0. The van der Waals surface area contributed by atoms with Crippen LogP contribution in [0.25, 0.3) is 33.4 Å². The maximum atomic E-state index is 2.43. The number of benzene rings is 9. The maximum absolute atomic E-state index is 2.43. The van der Waals surface area contributed by atoms with E-state index < -0.39 is 0 Å². The highest BCUT2D eigenvalue weighted by molar-refractivity contribution is 5.81. The molecule has 0 heterocycles. The first kappa shape index (κ1) is 51.3. The third-order valence-electron chi connectivity index (χ3n) is 18.2. The minimum Gasteiger partial charge on any atom is -0.311 e. The molecule has 3 aliphatic carbocycles. The normalized spacial score (nSPS) is 16.5. The van der Waals surface area contributed by atoms with E-state index in [1.807, 2.05) is 0 Å². The quantitative estimate of drug-likeness (QED) is 0.114. The minimum absolute atomic E-state index is 0.0498. The van der Waals surface area contributed by atoms with Crippen LogP contribution in [-0.4, -0.2) is 0 Å². The lowest BCUT2D eigenvalue weighted by molar-refractivity contribution is 0.346. The lowest BCUT2D eigenvalue weighted by Gasteiger charge is -2.39. The number of anilines is 6. The molecule has 3 fully saturated rings. The molecular formula is C76H78N2. The van der Waals surface area contributed by atoms with Crippen LogP contribution >= 0.6 is 0 Å². The van der Waals surface area contributed by atoms with Crippen LogP contribution in [0.2, 0.25) is 0 Å². The van der Waals surface area contributed by atoms with E-state index in [2.05, 4.69) is 240 Å². The van der Waals surface area contributed by atoms with Crippen molar-refractivity contribution in [3.05, 3.63) is 253 Å². The van der Waals surface area contributed by atoms with E-state index in [0.717, 1.165) is 41.3 Å². The van der Waals surface area contributed by atoms with E-state index in [9.17, 15) is 0 Å². The van der Waals surface area contributed by atoms with Crippen molar-refractivity contribution < 1.29 is 0 Å². The summed E-state index contributed by atoms with van der Waals surface area (Å²) in [5.74, 6) is 1.42. The molecule has 0 saturated heterocycles. The van der Waals surface area contributed by atoms with Gasteiger partial charge >= 0.3 is 0 Å². The topological polar surface area (TPSA) is 6.48 Å². The van der Waals surface area contributed by atoms with Gasteiger partial charge in [-0.1, -0.05) is 241 Å². The molecule has 12 rings (SSSR count). The van der Waals surface area contributed by atoms with Gasteiger partial charge < -0.3 is 9.80 Å². The van der Waals surface area contributed by atoms with E-state index in [4.69, 9.17) is 0 Å². The molecule has 9 aromatic rings. The number of rotatable bonds is 13. The number of para-hydroxylation sites is 2. The summed E-state index contributed by atoms with van der Waals surface area (Å²) in [5, 5.41) is 0. The summed E-state index contributed by atoms with van der Waals surface area (Å²) in [6.07, 6.45) is 25.2. The third-order valence-corrected chi connectivity index (χ3v) is 18.2. The van der Waals surface area contributed by atoms with Crippen LogP contribution in [-0.2, 0) is 5.41 Å². The van der Waals surface area contributed by atoms with Gasteiger partial charge in [0, 0.05) is 39.5 Å². The highest BCUT2D eigenvalue weighted by Gasteiger charge is 2.36.